The number of nitrogens with zero attached hydrogens (tertiary/aromatic N) is 3. The maximum absolute atomic E-state index is 5.04. The molecule has 0 saturated heterocycles. The summed E-state index contributed by atoms with van der Waals surface area (Å²) in [6.45, 7) is 4.40. The minimum absolute atomic E-state index is 0.301. The minimum atomic E-state index is 0.301. The monoisotopic (exact) mass is 363 g/mol. The topological polar surface area (TPSA) is 30.7 Å². The zero-order chi connectivity index (χ0) is 19.1. The van der Waals surface area contributed by atoms with Gasteiger partial charge < -0.3 is 4.57 Å². The molecule has 0 aliphatic rings. The number of benzene rings is 3. The van der Waals surface area contributed by atoms with Gasteiger partial charge in [0.05, 0.1) is 22.2 Å². The average Bonchev–Trinajstić information content (AvgIpc) is 3.13. The molecule has 0 atom stereocenters. The van der Waals surface area contributed by atoms with Crippen LogP contribution in [-0.4, -0.2) is 14.5 Å². The Hall–Kier alpha value is -3.46. The number of para-hydroxylation sites is 3. The minimum Gasteiger partial charge on any atom is -0.321 e. The smallest absolute Gasteiger partial charge is 0.143 e. The maximum atomic E-state index is 5.04. The molecule has 0 unspecified atom stereocenters. The van der Waals surface area contributed by atoms with Crippen LogP contribution in [0.5, 0.6) is 0 Å². The Kier molecular flexibility index (Phi) is 3.94. The van der Waals surface area contributed by atoms with Crippen LogP contribution in [0.1, 0.15) is 19.9 Å². The Morgan fingerprint density at radius 3 is 2.32 bits per heavy atom. The van der Waals surface area contributed by atoms with Crippen LogP contribution in [0.15, 0.2) is 84.9 Å². The summed E-state index contributed by atoms with van der Waals surface area (Å²) in [7, 11) is 0. The molecule has 0 spiro atoms. The van der Waals surface area contributed by atoms with E-state index in [4.69, 9.17) is 9.97 Å². The van der Waals surface area contributed by atoms with Gasteiger partial charge in [-0.25, -0.2) is 9.97 Å². The van der Waals surface area contributed by atoms with Crippen molar-refractivity contribution in [3.63, 3.8) is 0 Å². The van der Waals surface area contributed by atoms with E-state index in [1.807, 2.05) is 24.3 Å². The SMILES string of the molecule is CC(C)n1c(-c2cccc3ccc(-c4ccccc4)nc23)nc2ccccc21. The molecule has 5 aromatic rings. The van der Waals surface area contributed by atoms with Gasteiger partial charge in [0.2, 0.25) is 0 Å². The lowest BCUT2D eigenvalue weighted by Crippen LogP contribution is -2.03. The van der Waals surface area contributed by atoms with Gasteiger partial charge in [-0.3, -0.25) is 0 Å². The highest BCUT2D eigenvalue weighted by molar-refractivity contribution is 5.95. The van der Waals surface area contributed by atoms with Crippen LogP contribution in [0.25, 0.3) is 44.6 Å². The molecule has 3 heteroatoms. The molecule has 0 radical (unpaired) electrons. The van der Waals surface area contributed by atoms with Gasteiger partial charge in [-0.15, -0.1) is 0 Å². The van der Waals surface area contributed by atoms with Crippen LogP contribution in [0.2, 0.25) is 0 Å². The predicted molar refractivity (Wildman–Crippen MR) is 116 cm³/mol. The molecule has 0 aliphatic heterocycles. The van der Waals surface area contributed by atoms with E-state index in [2.05, 4.69) is 79.1 Å². The van der Waals surface area contributed by atoms with Crippen molar-refractivity contribution in [2.75, 3.05) is 0 Å². The molecule has 2 aromatic heterocycles. The van der Waals surface area contributed by atoms with Gasteiger partial charge in [-0.05, 0) is 38.1 Å². The molecule has 0 aliphatic carbocycles. The van der Waals surface area contributed by atoms with Crippen molar-refractivity contribution in [1.82, 2.24) is 14.5 Å². The third kappa shape index (κ3) is 2.67. The Balaban J connectivity index is 1.80. The predicted octanol–water partition coefficient (Wildman–Crippen LogP) is 6.50. The highest BCUT2D eigenvalue weighted by atomic mass is 15.1. The van der Waals surface area contributed by atoms with Gasteiger partial charge in [0.25, 0.3) is 0 Å². The van der Waals surface area contributed by atoms with Gasteiger partial charge in [0, 0.05) is 22.6 Å². The molecule has 28 heavy (non-hydrogen) atoms. The lowest BCUT2D eigenvalue weighted by Gasteiger charge is -2.14. The molecule has 136 valence electrons. The van der Waals surface area contributed by atoms with E-state index in [0.717, 1.165) is 44.6 Å². The molecule has 0 fully saturated rings. The van der Waals surface area contributed by atoms with Crippen molar-refractivity contribution >= 4 is 21.9 Å². The van der Waals surface area contributed by atoms with E-state index in [0.29, 0.717) is 6.04 Å². The number of hydrogen-bond acceptors (Lipinski definition) is 2. The van der Waals surface area contributed by atoms with E-state index in [-0.39, 0.29) is 0 Å². The molecule has 2 heterocycles. The Labute approximate surface area is 164 Å². The number of rotatable bonds is 3. The zero-order valence-corrected chi connectivity index (χ0v) is 16.0. The third-order valence-corrected chi connectivity index (χ3v) is 5.14. The van der Waals surface area contributed by atoms with E-state index in [1.54, 1.807) is 0 Å². The standard InChI is InChI=1S/C25H21N3/c1-17(2)28-23-14-7-6-13-22(23)27-25(28)20-12-8-11-19-15-16-21(26-24(19)20)18-9-4-3-5-10-18/h3-17H,1-2H3. The number of imidazole rings is 1. The second kappa shape index (κ2) is 6.61. The summed E-state index contributed by atoms with van der Waals surface area (Å²) < 4.78 is 2.31. The lowest BCUT2D eigenvalue weighted by atomic mass is 10.1. The van der Waals surface area contributed by atoms with Crippen molar-refractivity contribution in [1.29, 1.82) is 0 Å². The number of aromatic nitrogens is 3. The molecular weight excluding hydrogens is 342 g/mol. The Bertz CT molecular complexity index is 1280. The summed E-state index contributed by atoms with van der Waals surface area (Å²) in [5.74, 6) is 0.972. The second-order valence-corrected chi connectivity index (χ2v) is 7.33. The van der Waals surface area contributed by atoms with Gasteiger partial charge in [0.15, 0.2) is 0 Å². The Morgan fingerprint density at radius 1 is 0.714 bits per heavy atom. The van der Waals surface area contributed by atoms with E-state index in [9.17, 15) is 0 Å². The van der Waals surface area contributed by atoms with Crippen LogP contribution in [-0.2, 0) is 0 Å². The third-order valence-electron chi connectivity index (χ3n) is 5.14. The van der Waals surface area contributed by atoms with Crippen molar-refractivity contribution in [3.8, 4) is 22.6 Å². The van der Waals surface area contributed by atoms with Crippen LogP contribution in [0, 0.1) is 0 Å². The molecule has 0 N–H and O–H groups in total. The first-order chi connectivity index (χ1) is 13.7. The first kappa shape index (κ1) is 16.7. The van der Waals surface area contributed by atoms with Crippen LogP contribution >= 0.6 is 0 Å². The normalized spacial score (nSPS) is 11.5. The fourth-order valence-electron chi connectivity index (χ4n) is 3.85. The molecular formula is C25H21N3. The van der Waals surface area contributed by atoms with Crippen molar-refractivity contribution in [2.24, 2.45) is 0 Å². The quantitative estimate of drug-likeness (QED) is 0.366. The van der Waals surface area contributed by atoms with Gasteiger partial charge in [0.1, 0.15) is 5.82 Å². The summed E-state index contributed by atoms with van der Waals surface area (Å²) in [6.07, 6.45) is 0. The van der Waals surface area contributed by atoms with Crippen molar-refractivity contribution in [2.45, 2.75) is 19.9 Å². The molecule has 3 nitrogen and oxygen atoms in total. The zero-order valence-electron chi connectivity index (χ0n) is 16.0. The van der Waals surface area contributed by atoms with Gasteiger partial charge >= 0.3 is 0 Å². The summed E-state index contributed by atoms with van der Waals surface area (Å²) in [6, 6.07) is 29.5. The van der Waals surface area contributed by atoms with Gasteiger partial charge in [-0.2, -0.15) is 0 Å². The Morgan fingerprint density at radius 2 is 1.50 bits per heavy atom. The van der Waals surface area contributed by atoms with Crippen LogP contribution in [0.3, 0.4) is 0 Å². The molecule has 5 rings (SSSR count). The summed E-state index contributed by atoms with van der Waals surface area (Å²) in [5, 5.41) is 1.12. The maximum Gasteiger partial charge on any atom is 0.143 e. The van der Waals surface area contributed by atoms with Crippen LogP contribution < -0.4 is 0 Å². The average molecular weight is 363 g/mol. The van der Waals surface area contributed by atoms with Crippen molar-refractivity contribution < 1.29 is 0 Å². The lowest BCUT2D eigenvalue weighted by molar-refractivity contribution is 0.624. The van der Waals surface area contributed by atoms with E-state index in [1.165, 1.54) is 0 Å². The van der Waals surface area contributed by atoms with E-state index >= 15 is 0 Å². The fraction of sp³-hybridized carbons (Fsp3) is 0.120. The van der Waals surface area contributed by atoms with Crippen LogP contribution in [0.4, 0.5) is 0 Å². The molecule has 0 bridgehead atoms. The number of hydrogen-bond donors (Lipinski definition) is 0. The largest absolute Gasteiger partial charge is 0.321 e. The van der Waals surface area contributed by atoms with Crippen molar-refractivity contribution in [3.05, 3.63) is 84.9 Å². The highest BCUT2D eigenvalue weighted by Crippen LogP contribution is 2.33. The fourth-order valence-corrected chi connectivity index (χ4v) is 3.85. The highest BCUT2D eigenvalue weighted by Gasteiger charge is 2.17. The number of fused-ring (bicyclic) bond motifs is 2. The van der Waals surface area contributed by atoms with Gasteiger partial charge in [-0.1, -0.05) is 60.7 Å². The second-order valence-electron chi connectivity index (χ2n) is 7.33. The first-order valence-electron chi connectivity index (χ1n) is 9.65. The summed E-state index contributed by atoms with van der Waals surface area (Å²) in [5.41, 5.74) is 6.33. The van der Waals surface area contributed by atoms with E-state index < -0.39 is 0 Å². The first-order valence-corrected chi connectivity index (χ1v) is 9.65. The summed E-state index contributed by atoms with van der Waals surface area (Å²) >= 11 is 0. The summed E-state index contributed by atoms with van der Waals surface area (Å²) in [4.78, 5) is 10.0. The molecule has 3 aromatic carbocycles. The number of pyridine rings is 1. The molecule has 0 saturated carbocycles. The molecule has 0 amide bonds.